The molecule has 0 saturated heterocycles. The third-order valence-corrected chi connectivity index (χ3v) is 3.30. The molecule has 0 aliphatic heterocycles. The second-order valence-corrected chi connectivity index (χ2v) is 4.83. The molecule has 3 aromatic rings. The van der Waals surface area contributed by atoms with Crippen molar-refractivity contribution in [3.63, 3.8) is 0 Å². The van der Waals surface area contributed by atoms with Crippen LogP contribution in [0.15, 0.2) is 36.8 Å². The summed E-state index contributed by atoms with van der Waals surface area (Å²) in [5, 5.41) is 4.42. The average molecular weight is 252 g/mol. The van der Waals surface area contributed by atoms with E-state index in [1.54, 1.807) is 6.33 Å². The third-order valence-electron chi connectivity index (χ3n) is 3.30. The Morgan fingerprint density at radius 2 is 1.95 bits per heavy atom. The van der Waals surface area contributed by atoms with Crippen molar-refractivity contribution in [2.75, 3.05) is 5.32 Å². The van der Waals surface area contributed by atoms with Crippen LogP contribution in [0.3, 0.4) is 0 Å². The highest BCUT2D eigenvalue weighted by atomic mass is 15.1. The predicted molar refractivity (Wildman–Crippen MR) is 77.7 cm³/mol. The molecule has 0 spiro atoms. The zero-order chi connectivity index (χ0) is 13.4. The first-order chi connectivity index (χ1) is 9.15. The predicted octanol–water partition coefficient (Wildman–Crippen LogP) is 3.33. The Morgan fingerprint density at radius 3 is 2.74 bits per heavy atom. The molecule has 2 heterocycles. The van der Waals surface area contributed by atoms with Crippen molar-refractivity contribution in [3.05, 3.63) is 47.9 Å². The summed E-state index contributed by atoms with van der Waals surface area (Å²) in [6.45, 7) is 4.19. The van der Waals surface area contributed by atoms with Crippen LogP contribution >= 0.6 is 0 Å². The lowest BCUT2D eigenvalue weighted by molar-refractivity contribution is 0.944. The molecule has 2 aromatic heterocycles. The van der Waals surface area contributed by atoms with Gasteiger partial charge in [0.1, 0.15) is 17.8 Å². The number of hydrogen-bond donors (Lipinski definition) is 1. The van der Waals surface area contributed by atoms with Gasteiger partial charge in [0, 0.05) is 18.9 Å². The topological polar surface area (TPSA) is 42.7 Å². The molecule has 0 fully saturated rings. The van der Waals surface area contributed by atoms with Crippen molar-refractivity contribution in [3.8, 4) is 0 Å². The third kappa shape index (κ3) is 2.05. The van der Waals surface area contributed by atoms with Gasteiger partial charge >= 0.3 is 0 Å². The SMILES string of the molecule is Cc1ccc(Nc2ncnc3c2ccn3C)c(C)c1. The largest absolute Gasteiger partial charge is 0.339 e. The quantitative estimate of drug-likeness (QED) is 0.760. The Bertz CT molecular complexity index is 743. The number of nitrogens with one attached hydrogen (secondary N) is 1. The van der Waals surface area contributed by atoms with E-state index in [1.165, 1.54) is 11.1 Å². The van der Waals surface area contributed by atoms with Crippen molar-refractivity contribution in [1.82, 2.24) is 14.5 Å². The molecule has 1 N–H and O–H groups in total. The molecule has 0 bridgehead atoms. The Balaban J connectivity index is 2.06. The van der Waals surface area contributed by atoms with Crippen molar-refractivity contribution in [2.24, 2.45) is 7.05 Å². The lowest BCUT2D eigenvalue weighted by Gasteiger charge is -2.10. The fourth-order valence-electron chi connectivity index (χ4n) is 2.26. The molecule has 19 heavy (non-hydrogen) atoms. The summed E-state index contributed by atoms with van der Waals surface area (Å²) in [5.41, 5.74) is 4.48. The van der Waals surface area contributed by atoms with Crippen LogP contribution in [0.1, 0.15) is 11.1 Å². The summed E-state index contributed by atoms with van der Waals surface area (Å²) in [7, 11) is 1.98. The molecule has 0 aliphatic carbocycles. The van der Waals surface area contributed by atoms with Crippen LogP contribution in [0.5, 0.6) is 0 Å². The fraction of sp³-hybridized carbons (Fsp3) is 0.200. The van der Waals surface area contributed by atoms with E-state index in [2.05, 4.69) is 47.3 Å². The first-order valence-electron chi connectivity index (χ1n) is 6.25. The Hall–Kier alpha value is -2.36. The highest BCUT2D eigenvalue weighted by molar-refractivity contribution is 5.89. The van der Waals surface area contributed by atoms with E-state index in [4.69, 9.17) is 0 Å². The summed E-state index contributed by atoms with van der Waals surface area (Å²) in [6.07, 6.45) is 3.58. The van der Waals surface area contributed by atoms with E-state index < -0.39 is 0 Å². The van der Waals surface area contributed by atoms with E-state index in [1.807, 2.05) is 23.9 Å². The number of hydrogen-bond acceptors (Lipinski definition) is 3. The number of rotatable bonds is 2. The standard InChI is InChI=1S/C15H16N4/c1-10-4-5-13(11(2)8-10)18-14-12-6-7-19(3)15(12)17-9-16-14/h4-9H,1-3H3,(H,16,17,18). The number of aryl methyl sites for hydroxylation is 3. The smallest absolute Gasteiger partial charge is 0.145 e. The minimum absolute atomic E-state index is 0.845. The number of benzene rings is 1. The summed E-state index contributed by atoms with van der Waals surface area (Å²) >= 11 is 0. The molecule has 3 rings (SSSR count). The highest BCUT2D eigenvalue weighted by Crippen LogP contribution is 2.25. The monoisotopic (exact) mass is 252 g/mol. The number of nitrogens with zero attached hydrogens (tertiary/aromatic N) is 3. The molecule has 0 radical (unpaired) electrons. The summed E-state index contributed by atoms with van der Waals surface area (Å²) in [4.78, 5) is 8.63. The van der Waals surface area contributed by atoms with Crippen LogP contribution in [-0.4, -0.2) is 14.5 Å². The maximum atomic E-state index is 4.34. The van der Waals surface area contributed by atoms with Crippen molar-refractivity contribution in [2.45, 2.75) is 13.8 Å². The van der Waals surface area contributed by atoms with Gasteiger partial charge in [-0.15, -0.1) is 0 Å². The molecular formula is C15H16N4. The van der Waals surface area contributed by atoms with Crippen molar-refractivity contribution in [1.29, 1.82) is 0 Å². The van der Waals surface area contributed by atoms with Gasteiger partial charge in [-0.2, -0.15) is 0 Å². The van der Waals surface area contributed by atoms with Crippen molar-refractivity contribution < 1.29 is 0 Å². The number of aromatic nitrogens is 3. The zero-order valence-corrected chi connectivity index (χ0v) is 11.3. The zero-order valence-electron chi connectivity index (χ0n) is 11.3. The molecule has 4 heteroatoms. The molecular weight excluding hydrogens is 236 g/mol. The summed E-state index contributed by atoms with van der Waals surface area (Å²) in [6, 6.07) is 8.37. The summed E-state index contributed by atoms with van der Waals surface area (Å²) < 4.78 is 1.99. The molecule has 1 aromatic carbocycles. The highest BCUT2D eigenvalue weighted by Gasteiger charge is 2.07. The summed E-state index contributed by atoms with van der Waals surface area (Å²) in [5.74, 6) is 0.845. The van der Waals surface area contributed by atoms with Crippen LogP contribution in [0.4, 0.5) is 11.5 Å². The van der Waals surface area contributed by atoms with Gasteiger partial charge in [0.25, 0.3) is 0 Å². The minimum Gasteiger partial charge on any atom is -0.339 e. The van der Waals surface area contributed by atoms with Crippen LogP contribution in [0, 0.1) is 13.8 Å². The van der Waals surface area contributed by atoms with E-state index in [-0.39, 0.29) is 0 Å². The van der Waals surface area contributed by atoms with Crippen LogP contribution in [0.25, 0.3) is 11.0 Å². The van der Waals surface area contributed by atoms with Gasteiger partial charge < -0.3 is 9.88 Å². The maximum absolute atomic E-state index is 4.34. The molecule has 0 aliphatic rings. The molecule has 96 valence electrons. The van der Waals surface area contributed by atoms with E-state index in [0.29, 0.717) is 0 Å². The van der Waals surface area contributed by atoms with Crippen LogP contribution in [-0.2, 0) is 7.05 Å². The number of fused-ring (bicyclic) bond motifs is 1. The van der Waals surface area contributed by atoms with Gasteiger partial charge in [0.2, 0.25) is 0 Å². The second kappa shape index (κ2) is 4.39. The van der Waals surface area contributed by atoms with Gasteiger partial charge in [0.05, 0.1) is 5.39 Å². The van der Waals surface area contributed by atoms with Gasteiger partial charge in [-0.05, 0) is 31.5 Å². The van der Waals surface area contributed by atoms with Gasteiger partial charge in [-0.25, -0.2) is 9.97 Å². The lowest BCUT2D eigenvalue weighted by atomic mass is 10.1. The molecule has 0 atom stereocenters. The normalized spacial score (nSPS) is 10.9. The Morgan fingerprint density at radius 1 is 1.11 bits per heavy atom. The molecule has 4 nitrogen and oxygen atoms in total. The number of anilines is 2. The van der Waals surface area contributed by atoms with E-state index in [9.17, 15) is 0 Å². The maximum Gasteiger partial charge on any atom is 0.145 e. The Kier molecular flexibility index (Phi) is 2.71. The minimum atomic E-state index is 0.845. The average Bonchev–Trinajstić information content (AvgIpc) is 2.76. The first kappa shape index (κ1) is 11.7. The molecule has 0 unspecified atom stereocenters. The van der Waals surface area contributed by atoms with Crippen LogP contribution in [0.2, 0.25) is 0 Å². The molecule has 0 amide bonds. The van der Waals surface area contributed by atoms with Gasteiger partial charge in [0.15, 0.2) is 0 Å². The first-order valence-corrected chi connectivity index (χ1v) is 6.25. The van der Waals surface area contributed by atoms with Crippen LogP contribution < -0.4 is 5.32 Å². The Labute approximate surface area is 112 Å². The van der Waals surface area contributed by atoms with Crippen molar-refractivity contribution >= 4 is 22.5 Å². The van der Waals surface area contributed by atoms with E-state index in [0.717, 1.165) is 22.5 Å². The van der Waals surface area contributed by atoms with Gasteiger partial charge in [-0.3, -0.25) is 0 Å². The second-order valence-electron chi connectivity index (χ2n) is 4.83. The lowest BCUT2D eigenvalue weighted by Crippen LogP contribution is -1.98. The van der Waals surface area contributed by atoms with E-state index >= 15 is 0 Å². The van der Waals surface area contributed by atoms with Gasteiger partial charge in [-0.1, -0.05) is 17.7 Å². The molecule has 0 saturated carbocycles. The fourth-order valence-corrected chi connectivity index (χ4v) is 2.26.